The number of aromatic amines is 1. The third kappa shape index (κ3) is 3.22. The van der Waals surface area contributed by atoms with Gasteiger partial charge in [0, 0.05) is 25.8 Å². The van der Waals surface area contributed by atoms with Crippen molar-refractivity contribution in [3.05, 3.63) is 18.0 Å². The highest BCUT2D eigenvalue weighted by Crippen LogP contribution is 2.24. The van der Waals surface area contributed by atoms with E-state index < -0.39 is 0 Å². The summed E-state index contributed by atoms with van der Waals surface area (Å²) in [4.78, 5) is 17.7. The molecule has 1 fully saturated rings. The molecule has 0 bridgehead atoms. The second-order valence-electron chi connectivity index (χ2n) is 4.31. The van der Waals surface area contributed by atoms with E-state index in [4.69, 9.17) is 5.73 Å². The largest absolute Gasteiger partial charge is 0.370 e. The van der Waals surface area contributed by atoms with Gasteiger partial charge in [0.2, 0.25) is 0 Å². The average molecular weight is 250 g/mol. The van der Waals surface area contributed by atoms with Gasteiger partial charge in [-0.1, -0.05) is 0 Å². The SMILES string of the molecule is CN(C(N)=NCCNC(=O)c1ccn[nH]1)C1CC1. The van der Waals surface area contributed by atoms with Crippen molar-refractivity contribution in [2.75, 3.05) is 20.1 Å². The zero-order chi connectivity index (χ0) is 13.0. The Bertz CT molecular complexity index is 423. The van der Waals surface area contributed by atoms with Gasteiger partial charge in [0.05, 0.1) is 6.54 Å². The van der Waals surface area contributed by atoms with Crippen molar-refractivity contribution >= 4 is 11.9 Å². The molecule has 0 saturated heterocycles. The summed E-state index contributed by atoms with van der Waals surface area (Å²) >= 11 is 0. The maximum Gasteiger partial charge on any atom is 0.269 e. The molecule has 1 amide bonds. The van der Waals surface area contributed by atoms with Crippen LogP contribution in [-0.4, -0.2) is 53.1 Å². The lowest BCUT2D eigenvalue weighted by molar-refractivity contribution is 0.0950. The molecule has 18 heavy (non-hydrogen) atoms. The van der Waals surface area contributed by atoms with Gasteiger partial charge in [0.15, 0.2) is 5.96 Å². The Hall–Kier alpha value is -2.05. The summed E-state index contributed by atoms with van der Waals surface area (Å²) in [6.07, 6.45) is 3.90. The Kier molecular flexibility index (Phi) is 3.81. The fourth-order valence-electron chi connectivity index (χ4n) is 1.58. The number of amides is 1. The zero-order valence-corrected chi connectivity index (χ0v) is 10.4. The molecule has 4 N–H and O–H groups in total. The van der Waals surface area contributed by atoms with Gasteiger partial charge >= 0.3 is 0 Å². The number of hydrogen-bond donors (Lipinski definition) is 3. The normalized spacial score (nSPS) is 15.5. The van der Waals surface area contributed by atoms with Gasteiger partial charge < -0.3 is 16.0 Å². The predicted octanol–water partition coefficient (Wildman–Crippen LogP) is -0.452. The number of H-pyrrole nitrogens is 1. The number of nitrogens with zero attached hydrogens (tertiary/aromatic N) is 3. The minimum Gasteiger partial charge on any atom is -0.370 e. The van der Waals surface area contributed by atoms with Gasteiger partial charge in [-0.3, -0.25) is 14.9 Å². The first-order valence-corrected chi connectivity index (χ1v) is 5.99. The summed E-state index contributed by atoms with van der Waals surface area (Å²) in [7, 11) is 1.94. The fourth-order valence-corrected chi connectivity index (χ4v) is 1.58. The van der Waals surface area contributed by atoms with Gasteiger partial charge in [-0.15, -0.1) is 0 Å². The van der Waals surface area contributed by atoms with E-state index in [0.29, 0.717) is 30.8 Å². The quantitative estimate of drug-likeness (QED) is 0.374. The second kappa shape index (κ2) is 5.52. The van der Waals surface area contributed by atoms with Crippen LogP contribution < -0.4 is 11.1 Å². The minimum absolute atomic E-state index is 0.184. The lowest BCUT2D eigenvalue weighted by Gasteiger charge is -2.16. The average Bonchev–Trinajstić information content (AvgIpc) is 3.07. The highest BCUT2D eigenvalue weighted by atomic mass is 16.1. The molecular weight excluding hydrogens is 232 g/mol. The number of guanidine groups is 1. The molecule has 0 unspecified atom stereocenters. The first-order chi connectivity index (χ1) is 8.68. The second-order valence-corrected chi connectivity index (χ2v) is 4.31. The van der Waals surface area contributed by atoms with Gasteiger partial charge in [-0.25, -0.2) is 0 Å². The molecular formula is C11H18N6O. The number of nitrogens with two attached hydrogens (primary N) is 1. The van der Waals surface area contributed by atoms with Crippen LogP contribution in [0.4, 0.5) is 0 Å². The summed E-state index contributed by atoms with van der Waals surface area (Å²) in [5.41, 5.74) is 6.26. The molecule has 0 atom stereocenters. The van der Waals surface area contributed by atoms with Crippen molar-refractivity contribution in [3.63, 3.8) is 0 Å². The lowest BCUT2D eigenvalue weighted by atomic mass is 10.4. The standard InChI is InChI=1S/C11H18N6O/c1-17(8-2-3-8)11(12)14-7-6-13-10(18)9-4-5-15-16-9/h4-5,8H,2-3,6-7H2,1H3,(H2,12,14)(H,13,18)(H,15,16). The highest BCUT2D eigenvalue weighted by Gasteiger charge is 2.27. The van der Waals surface area contributed by atoms with E-state index in [0.717, 1.165) is 0 Å². The van der Waals surface area contributed by atoms with E-state index in [2.05, 4.69) is 20.5 Å². The Labute approximate surface area is 105 Å². The molecule has 1 aliphatic rings. The molecule has 2 rings (SSSR count). The summed E-state index contributed by atoms with van der Waals surface area (Å²) in [5.74, 6) is 0.352. The molecule has 1 saturated carbocycles. The summed E-state index contributed by atoms with van der Waals surface area (Å²) in [5, 5.41) is 9.04. The van der Waals surface area contributed by atoms with Crippen molar-refractivity contribution in [3.8, 4) is 0 Å². The van der Waals surface area contributed by atoms with Crippen LogP contribution in [0.1, 0.15) is 23.3 Å². The topological polar surface area (TPSA) is 99.4 Å². The smallest absolute Gasteiger partial charge is 0.269 e. The molecule has 1 aromatic heterocycles. The number of aliphatic imine (C=N–C) groups is 1. The number of aromatic nitrogens is 2. The molecule has 1 aromatic rings. The Morgan fingerprint density at radius 1 is 1.72 bits per heavy atom. The van der Waals surface area contributed by atoms with Gasteiger partial charge in [-0.2, -0.15) is 5.10 Å². The Morgan fingerprint density at radius 3 is 3.11 bits per heavy atom. The lowest BCUT2D eigenvalue weighted by Crippen LogP contribution is -2.36. The van der Waals surface area contributed by atoms with Crippen LogP contribution >= 0.6 is 0 Å². The highest BCUT2D eigenvalue weighted by molar-refractivity contribution is 5.92. The maximum absolute atomic E-state index is 11.5. The van der Waals surface area contributed by atoms with E-state index in [1.165, 1.54) is 19.0 Å². The fraction of sp³-hybridized carbons (Fsp3) is 0.545. The molecule has 0 aliphatic heterocycles. The number of hydrogen-bond acceptors (Lipinski definition) is 3. The molecule has 1 aliphatic carbocycles. The van der Waals surface area contributed by atoms with Crippen molar-refractivity contribution in [1.82, 2.24) is 20.4 Å². The zero-order valence-electron chi connectivity index (χ0n) is 10.4. The van der Waals surface area contributed by atoms with Crippen molar-refractivity contribution in [2.45, 2.75) is 18.9 Å². The van der Waals surface area contributed by atoms with Crippen LogP contribution in [0.5, 0.6) is 0 Å². The van der Waals surface area contributed by atoms with Crippen LogP contribution in [0.2, 0.25) is 0 Å². The molecule has 0 aromatic carbocycles. The molecule has 0 spiro atoms. The molecule has 7 heteroatoms. The van der Waals surface area contributed by atoms with Crippen LogP contribution in [0.15, 0.2) is 17.3 Å². The molecule has 0 radical (unpaired) electrons. The number of nitrogens with one attached hydrogen (secondary N) is 2. The van der Waals surface area contributed by atoms with E-state index in [1.807, 2.05) is 11.9 Å². The van der Waals surface area contributed by atoms with E-state index in [-0.39, 0.29) is 5.91 Å². The molecule has 98 valence electrons. The first kappa shape index (κ1) is 12.4. The summed E-state index contributed by atoms with van der Waals surface area (Å²) in [6, 6.07) is 2.17. The summed E-state index contributed by atoms with van der Waals surface area (Å²) < 4.78 is 0. The van der Waals surface area contributed by atoms with E-state index in [1.54, 1.807) is 6.07 Å². The molecule has 1 heterocycles. The maximum atomic E-state index is 11.5. The van der Waals surface area contributed by atoms with Crippen molar-refractivity contribution in [2.24, 2.45) is 10.7 Å². The number of carbonyl (C=O) groups excluding carboxylic acids is 1. The van der Waals surface area contributed by atoms with E-state index >= 15 is 0 Å². The Morgan fingerprint density at radius 2 is 2.50 bits per heavy atom. The molecule has 7 nitrogen and oxygen atoms in total. The van der Waals surface area contributed by atoms with Gasteiger partial charge in [0.1, 0.15) is 5.69 Å². The Balaban J connectivity index is 1.69. The minimum atomic E-state index is -0.184. The van der Waals surface area contributed by atoms with Crippen molar-refractivity contribution in [1.29, 1.82) is 0 Å². The van der Waals surface area contributed by atoms with Gasteiger partial charge in [0.25, 0.3) is 5.91 Å². The van der Waals surface area contributed by atoms with Crippen LogP contribution in [0.25, 0.3) is 0 Å². The van der Waals surface area contributed by atoms with E-state index in [9.17, 15) is 4.79 Å². The van der Waals surface area contributed by atoms with Crippen molar-refractivity contribution < 1.29 is 4.79 Å². The third-order valence-electron chi connectivity index (χ3n) is 2.87. The number of rotatable bonds is 5. The number of carbonyl (C=O) groups is 1. The first-order valence-electron chi connectivity index (χ1n) is 5.99. The predicted molar refractivity (Wildman–Crippen MR) is 68.2 cm³/mol. The van der Waals surface area contributed by atoms with Crippen LogP contribution in [-0.2, 0) is 0 Å². The third-order valence-corrected chi connectivity index (χ3v) is 2.87. The summed E-state index contributed by atoms with van der Waals surface area (Å²) in [6.45, 7) is 0.930. The monoisotopic (exact) mass is 250 g/mol. The van der Waals surface area contributed by atoms with Gasteiger partial charge in [-0.05, 0) is 18.9 Å². The van der Waals surface area contributed by atoms with Crippen LogP contribution in [0.3, 0.4) is 0 Å². The van der Waals surface area contributed by atoms with Crippen LogP contribution in [0, 0.1) is 0 Å².